The zero-order valence-corrected chi connectivity index (χ0v) is 18.3. The monoisotopic (exact) mass is 405 g/mol. The van der Waals surface area contributed by atoms with Crippen LogP contribution in [-0.2, 0) is 11.2 Å². The lowest BCUT2D eigenvalue weighted by Crippen LogP contribution is -2.43. The first-order valence-corrected chi connectivity index (χ1v) is 10.6. The van der Waals surface area contributed by atoms with Crippen LogP contribution in [0.2, 0.25) is 0 Å². The van der Waals surface area contributed by atoms with Gasteiger partial charge >= 0.3 is 0 Å². The van der Waals surface area contributed by atoms with Gasteiger partial charge < -0.3 is 15.5 Å². The summed E-state index contributed by atoms with van der Waals surface area (Å²) in [4.78, 5) is 20.9. The van der Waals surface area contributed by atoms with Gasteiger partial charge in [0.05, 0.1) is 6.04 Å². The number of halogens is 1. The second-order valence-electron chi connectivity index (χ2n) is 7.79. The number of guanidine groups is 1. The van der Waals surface area contributed by atoms with Crippen LogP contribution in [0.25, 0.3) is 0 Å². The molecule has 1 aliphatic rings. The third kappa shape index (κ3) is 7.31. The largest absolute Gasteiger partial charge is 0.357 e. The van der Waals surface area contributed by atoms with Gasteiger partial charge in [-0.1, -0.05) is 6.07 Å². The van der Waals surface area contributed by atoms with Crippen LogP contribution in [0.15, 0.2) is 23.2 Å². The van der Waals surface area contributed by atoms with E-state index in [-0.39, 0.29) is 17.8 Å². The lowest BCUT2D eigenvalue weighted by molar-refractivity contribution is -0.133. The van der Waals surface area contributed by atoms with Gasteiger partial charge in [0.25, 0.3) is 0 Å². The third-order valence-corrected chi connectivity index (χ3v) is 5.30. The summed E-state index contributed by atoms with van der Waals surface area (Å²) in [7, 11) is 3.65. The number of hydrogen-bond acceptors (Lipinski definition) is 3. The number of likely N-dealkylation sites (N-methyl/N-ethyl adjacent to an activating group) is 1. The second-order valence-corrected chi connectivity index (χ2v) is 7.79. The molecule has 1 amide bonds. The predicted molar refractivity (Wildman–Crippen MR) is 117 cm³/mol. The molecular formula is C22H36FN5O. The molecule has 0 radical (unpaired) electrons. The van der Waals surface area contributed by atoms with Crippen LogP contribution >= 0.6 is 0 Å². The minimum absolute atomic E-state index is 0.0271. The first-order chi connectivity index (χ1) is 13.9. The zero-order chi connectivity index (χ0) is 21.2. The molecule has 0 aliphatic carbocycles. The second kappa shape index (κ2) is 11.8. The molecule has 0 bridgehead atoms. The van der Waals surface area contributed by atoms with Crippen molar-refractivity contribution < 1.29 is 9.18 Å². The van der Waals surface area contributed by atoms with Crippen molar-refractivity contribution in [2.45, 2.75) is 45.6 Å². The molecular weight excluding hydrogens is 369 g/mol. The number of hydrogen-bond donors (Lipinski definition) is 2. The van der Waals surface area contributed by atoms with Gasteiger partial charge in [0.15, 0.2) is 5.96 Å². The van der Waals surface area contributed by atoms with E-state index in [1.165, 1.54) is 6.07 Å². The first-order valence-electron chi connectivity index (χ1n) is 10.6. The Kier molecular flexibility index (Phi) is 9.38. The number of nitrogens with zero attached hydrogens (tertiary/aromatic N) is 3. The van der Waals surface area contributed by atoms with Crippen LogP contribution in [0.3, 0.4) is 0 Å². The number of aryl methyl sites for hydroxylation is 1. The molecule has 6 nitrogen and oxygen atoms in total. The summed E-state index contributed by atoms with van der Waals surface area (Å²) >= 11 is 0. The predicted octanol–water partition coefficient (Wildman–Crippen LogP) is 2.17. The van der Waals surface area contributed by atoms with Crippen LogP contribution in [0.1, 0.15) is 37.3 Å². The molecule has 1 aromatic rings. The Morgan fingerprint density at radius 2 is 2.14 bits per heavy atom. The highest BCUT2D eigenvalue weighted by Crippen LogP contribution is 2.18. The molecule has 0 aromatic heterocycles. The summed E-state index contributed by atoms with van der Waals surface area (Å²) in [6.07, 6.45) is 3.78. The molecule has 1 unspecified atom stereocenters. The maximum Gasteiger partial charge on any atom is 0.239 e. The van der Waals surface area contributed by atoms with Crippen molar-refractivity contribution in [2.24, 2.45) is 4.99 Å². The minimum atomic E-state index is -0.193. The number of benzene rings is 1. The third-order valence-electron chi connectivity index (χ3n) is 5.30. The number of rotatable bonds is 9. The topological polar surface area (TPSA) is 60.0 Å². The van der Waals surface area contributed by atoms with E-state index >= 15 is 0 Å². The van der Waals surface area contributed by atoms with Gasteiger partial charge in [-0.25, -0.2) is 4.39 Å². The van der Waals surface area contributed by atoms with Crippen LogP contribution in [0, 0.1) is 12.7 Å². The number of likely N-dealkylation sites (tertiary alicyclic amines) is 1. The highest BCUT2D eigenvalue weighted by molar-refractivity contribution is 5.81. The van der Waals surface area contributed by atoms with Crippen molar-refractivity contribution >= 4 is 11.9 Å². The normalized spacial score (nSPS) is 17.4. The number of aliphatic imine (C=N–C) groups is 1. The molecule has 1 fully saturated rings. The first kappa shape index (κ1) is 23.1. The molecule has 0 spiro atoms. The molecule has 1 saturated heterocycles. The molecule has 1 atom stereocenters. The Balaban J connectivity index is 1.77. The van der Waals surface area contributed by atoms with Crippen LogP contribution in [0.5, 0.6) is 0 Å². The van der Waals surface area contributed by atoms with Crippen LogP contribution in [-0.4, -0.2) is 74.5 Å². The number of carbonyl (C=O) groups is 1. The molecule has 29 heavy (non-hydrogen) atoms. The van der Waals surface area contributed by atoms with Gasteiger partial charge in [0, 0.05) is 40.3 Å². The van der Waals surface area contributed by atoms with Gasteiger partial charge in [-0.2, -0.15) is 0 Å². The molecule has 1 aliphatic heterocycles. The van der Waals surface area contributed by atoms with E-state index in [4.69, 9.17) is 0 Å². The Morgan fingerprint density at radius 3 is 2.83 bits per heavy atom. The molecule has 2 rings (SSSR count). The zero-order valence-electron chi connectivity index (χ0n) is 18.3. The van der Waals surface area contributed by atoms with E-state index in [9.17, 15) is 9.18 Å². The van der Waals surface area contributed by atoms with E-state index in [0.29, 0.717) is 6.54 Å². The number of nitrogens with one attached hydrogen (secondary N) is 2. The van der Waals surface area contributed by atoms with Crippen LogP contribution < -0.4 is 10.6 Å². The Morgan fingerprint density at radius 1 is 1.34 bits per heavy atom. The highest BCUT2D eigenvalue weighted by Gasteiger charge is 2.30. The summed E-state index contributed by atoms with van der Waals surface area (Å²) in [6, 6.07) is 4.95. The van der Waals surface area contributed by atoms with Crippen molar-refractivity contribution in [2.75, 3.05) is 46.8 Å². The fourth-order valence-electron chi connectivity index (χ4n) is 3.73. The summed E-state index contributed by atoms with van der Waals surface area (Å²) < 4.78 is 13.2. The maximum atomic E-state index is 13.2. The summed E-state index contributed by atoms with van der Waals surface area (Å²) in [5.74, 6) is 0.813. The van der Waals surface area contributed by atoms with Gasteiger partial charge in [0.1, 0.15) is 5.82 Å². The highest BCUT2D eigenvalue weighted by atomic mass is 19.1. The Bertz CT molecular complexity index is 692. The Hall–Kier alpha value is -2.15. The molecule has 0 saturated carbocycles. The molecule has 162 valence electrons. The summed E-state index contributed by atoms with van der Waals surface area (Å²) in [5.41, 5.74) is 2.11. The van der Waals surface area contributed by atoms with Crippen molar-refractivity contribution in [1.82, 2.24) is 20.4 Å². The van der Waals surface area contributed by atoms with Gasteiger partial charge in [-0.15, -0.1) is 0 Å². The van der Waals surface area contributed by atoms with Crippen molar-refractivity contribution in [3.05, 3.63) is 35.1 Å². The molecule has 7 heteroatoms. The quantitative estimate of drug-likeness (QED) is 0.376. The average molecular weight is 406 g/mol. The SMILES string of the molecule is CCNC(=NCCCN1CCCC1C(=O)N(C)C)NCCc1ccc(F)cc1C. The standard InChI is InChI=1S/C22H36FN5O/c1-5-24-22(26-13-11-18-9-10-19(23)16-17(18)2)25-12-7-15-28-14-6-8-20(28)21(29)27(3)4/h9-10,16,20H,5-8,11-15H2,1-4H3,(H2,24,25,26). The maximum absolute atomic E-state index is 13.2. The van der Waals surface area contributed by atoms with Crippen molar-refractivity contribution in [3.63, 3.8) is 0 Å². The number of amides is 1. The molecule has 1 heterocycles. The van der Waals surface area contributed by atoms with Crippen molar-refractivity contribution in [3.8, 4) is 0 Å². The lowest BCUT2D eigenvalue weighted by atomic mass is 10.1. The van der Waals surface area contributed by atoms with Gasteiger partial charge in [-0.3, -0.25) is 14.7 Å². The summed E-state index contributed by atoms with van der Waals surface area (Å²) in [5, 5.41) is 6.62. The lowest BCUT2D eigenvalue weighted by Gasteiger charge is -2.25. The molecule has 2 N–H and O–H groups in total. The smallest absolute Gasteiger partial charge is 0.239 e. The number of carbonyl (C=O) groups excluding carboxylic acids is 1. The fraction of sp³-hybridized carbons (Fsp3) is 0.636. The van der Waals surface area contributed by atoms with E-state index in [0.717, 1.165) is 68.9 Å². The van der Waals surface area contributed by atoms with E-state index in [2.05, 4.69) is 20.5 Å². The van der Waals surface area contributed by atoms with Gasteiger partial charge in [0.2, 0.25) is 5.91 Å². The van der Waals surface area contributed by atoms with Crippen LogP contribution in [0.4, 0.5) is 4.39 Å². The van der Waals surface area contributed by atoms with Gasteiger partial charge in [-0.05, 0) is 69.3 Å². The van der Waals surface area contributed by atoms with E-state index < -0.39 is 0 Å². The average Bonchev–Trinajstić information content (AvgIpc) is 3.14. The van der Waals surface area contributed by atoms with E-state index in [1.807, 2.05) is 34.0 Å². The summed E-state index contributed by atoms with van der Waals surface area (Å²) in [6.45, 7) is 8.11. The minimum Gasteiger partial charge on any atom is -0.357 e. The molecule has 1 aromatic carbocycles. The fourth-order valence-corrected chi connectivity index (χ4v) is 3.73. The van der Waals surface area contributed by atoms with E-state index in [1.54, 1.807) is 11.0 Å². The Labute approximate surface area is 174 Å². The van der Waals surface area contributed by atoms with Crippen molar-refractivity contribution in [1.29, 1.82) is 0 Å².